The van der Waals surface area contributed by atoms with Gasteiger partial charge in [-0.3, -0.25) is 4.98 Å². The van der Waals surface area contributed by atoms with E-state index in [1.165, 1.54) is 12.1 Å². The van der Waals surface area contributed by atoms with Gasteiger partial charge in [0.1, 0.15) is 17.5 Å². The summed E-state index contributed by atoms with van der Waals surface area (Å²) in [6.45, 7) is 3.37. The van der Waals surface area contributed by atoms with Gasteiger partial charge in [0.15, 0.2) is 5.82 Å². The zero-order chi connectivity index (χ0) is 19.5. The van der Waals surface area contributed by atoms with Gasteiger partial charge in [0.2, 0.25) is 0 Å². The molecular formula is C21H21F2N5. The van der Waals surface area contributed by atoms with Crippen molar-refractivity contribution in [3.63, 3.8) is 0 Å². The molecule has 1 aliphatic rings. The lowest BCUT2D eigenvalue weighted by Crippen LogP contribution is -2.27. The highest BCUT2D eigenvalue weighted by Crippen LogP contribution is 2.26. The van der Waals surface area contributed by atoms with E-state index in [0.29, 0.717) is 24.6 Å². The van der Waals surface area contributed by atoms with Crippen molar-refractivity contribution in [1.29, 1.82) is 0 Å². The van der Waals surface area contributed by atoms with Gasteiger partial charge in [0.25, 0.3) is 0 Å². The van der Waals surface area contributed by atoms with Gasteiger partial charge < -0.3 is 10.2 Å². The molecule has 1 unspecified atom stereocenters. The molecule has 1 fully saturated rings. The van der Waals surface area contributed by atoms with E-state index in [2.05, 4.69) is 27.2 Å². The van der Waals surface area contributed by atoms with Crippen LogP contribution in [-0.2, 0) is 6.42 Å². The molecule has 144 valence electrons. The molecule has 5 nitrogen and oxygen atoms in total. The van der Waals surface area contributed by atoms with Crippen LogP contribution in [0.3, 0.4) is 0 Å². The summed E-state index contributed by atoms with van der Waals surface area (Å²) in [5.74, 6) is 0.316. The van der Waals surface area contributed by atoms with Crippen LogP contribution in [0.25, 0.3) is 11.4 Å². The van der Waals surface area contributed by atoms with Gasteiger partial charge in [-0.15, -0.1) is 0 Å². The average Bonchev–Trinajstić information content (AvgIpc) is 3.16. The van der Waals surface area contributed by atoms with E-state index in [1.54, 1.807) is 12.4 Å². The first-order valence-electron chi connectivity index (χ1n) is 9.37. The third kappa shape index (κ3) is 3.93. The minimum Gasteiger partial charge on any atom is -0.367 e. The SMILES string of the molecule is CCc1cc(NC2CCN(c3ccc(F)cc3F)C2)nc(-c2ccncc2)n1. The molecule has 28 heavy (non-hydrogen) atoms. The largest absolute Gasteiger partial charge is 0.367 e. The summed E-state index contributed by atoms with van der Waals surface area (Å²) in [5.41, 5.74) is 2.29. The minimum absolute atomic E-state index is 0.120. The molecule has 0 bridgehead atoms. The van der Waals surface area contributed by atoms with Gasteiger partial charge in [-0.05, 0) is 37.1 Å². The van der Waals surface area contributed by atoms with E-state index in [0.717, 1.165) is 36.0 Å². The summed E-state index contributed by atoms with van der Waals surface area (Å²) in [4.78, 5) is 15.2. The molecule has 3 heterocycles. The highest BCUT2D eigenvalue weighted by atomic mass is 19.1. The van der Waals surface area contributed by atoms with Crippen molar-refractivity contribution in [2.24, 2.45) is 0 Å². The van der Waals surface area contributed by atoms with Crippen LogP contribution >= 0.6 is 0 Å². The number of nitrogens with one attached hydrogen (secondary N) is 1. The number of pyridine rings is 1. The van der Waals surface area contributed by atoms with E-state index >= 15 is 0 Å². The molecule has 2 aromatic heterocycles. The van der Waals surface area contributed by atoms with Crippen LogP contribution in [0.2, 0.25) is 0 Å². The molecule has 0 saturated carbocycles. The molecular weight excluding hydrogens is 360 g/mol. The smallest absolute Gasteiger partial charge is 0.161 e. The third-order valence-electron chi connectivity index (χ3n) is 4.87. The standard InChI is InChI=1S/C21H21F2N5/c1-2-16-12-20(27-21(26-16)14-5-8-24-9-6-14)25-17-7-10-28(13-17)19-4-3-15(22)11-18(19)23/h3-6,8-9,11-12,17H,2,7,10,13H2,1H3,(H,25,26,27). The van der Waals surface area contributed by atoms with Gasteiger partial charge in [-0.1, -0.05) is 6.92 Å². The van der Waals surface area contributed by atoms with E-state index in [1.807, 2.05) is 23.1 Å². The van der Waals surface area contributed by atoms with E-state index in [4.69, 9.17) is 0 Å². The van der Waals surface area contributed by atoms with Crippen LogP contribution in [0.1, 0.15) is 19.0 Å². The summed E-state index contributed by atoms with van der Waals surface area (Å²) < 4.78 is 27.2. The second-order valence-corrected chi connectivity index (χ2v) is 6.83. The Hall–Kier alpha value is -3.09. The third-order valence-corrected chi connectivity index (χ3v) is 4.87. The van der Waals surface area contributed by atoms with E-state index < -0.39 is 11.6 Å². The number of hydrogen-bond acceptors (Lipinski definition) is 5. The first-order chi connectivity index (χ1) is 13.6. The fourth-order valence-corrected chi connectivity index (χ4v) is 3.43. The maximum absolute atomic E-state index is 14.1. The number of hydrogen-bond donors (Lipinski definition) is 1. The Kier molecular flexibility index (Phi) is 5.14. The Bertz CT molecular complexity index is 964. The molecule has 1 N–H and O–H groups in total. The van der Waals surface area contributed by atoms with Crippen molar-refractivity contribution in [3.05, 3.63) is 66.1 Å². The quantitative estimate of drug-likeness (QED) is 0.722. The monoisotopic (exact) mass is 381 g/mol. The number of aromatic nitrogens is 3. The molecule has 3 aromatic rings. The molecule has 1 aromatic carbocycles. The molecule has 0 spiro atoms. The van der Waals surface area contributed by atoms with Crippen LogP contribution < -0.4 is 10.2 Å². The predicted molar refractivity (Wildman–Crippen MR) is 105 cm³/mol. The Morgan fingerprint density at radius 1 is 1.11 bits per heavy atom. The number of anilines is 2. The molecule has 1 atom stereocenters. The maximum Gasteiger partial charge on any atom is 0.161 e. The van der Waals surface area contributed by atoms with E-state index in [-0.39, 0.29) is 6.04 Å². The molecule has 0 radical (unpaired) electrons. The van der Waals surface area contributed by atoms with Crippen molar-refractivity contribution >= 4 is 11.5 Å². The first kappa shape index (κ1) is 18.3. The number of rotatable bonds is 5. The minimum atomic E-state index is -0.563. The van der Waals surface area contributed by atoms with Crippen LogP contribution in [0.15, 0.2) is 48.8 Å². The molecule has 4 rings (SSSR count). The summed E-state index contributed by atoms with van der Waals surface area (Å²) in [6, 6.07) is 9.54. The topological polar surface area (TPSA) is 53.9 Å². The number of aryl methyl sites for hydroxylation is 1. The maximum atomic E-state index is 14.1. The zero-order valence-electron chi connectivity index (χ0n) is 15.6. The summed E-state index contributed by atoms with van der Waals surface area (Å²) in [6.07, 6.45) is 5.08. The van der Waals surface area contributed by atoms with Crippen molar-refractivity contribution in [2.45, 2.75) is 25.8 Å². The van der Waals surface area contributed by atoms with Gasteiger partial charge >= 0.3 is 0 Å². The lowest BCUT2D eigenvalue weighted by atomic mass is 10.2. The van der Waals surface area contributed by atoms with Crippen LogP contribution in [0.4, 0.5) is 20.3 Å². The normalized spacial score (nSPS) is 16.4. The van der Waals surface area contributed by atoms with Gasteiger partial charge in [0, 0.05) is 54.9 Å². The summed E-state index contributed by atoms with van der Waals surface area (Å²) in [7, 11) is 0. The Balaban J connectivity index is 1.51. The highest BCUT2D eigenvalue weighted by molar-refractivity contribution is 5.57. The van der Waals surface area contributed by atoms with E-state index in [9.17, 15) is 8.78 Å². The predicted octanol–water partition coefficient (Wildman–Crippen LogP) is 4.07. The van der Waals surface area contributed by atoms with Crippen molar-refractivity contribution in [2.75, 3.05) is 23.3 Å². The number of nitrogens with zero attached hydrogens (tertiary/aromatic N) is 4. The Morgan fingerprint density at radius 2 is 1.93 bits per heavy atom. The first-order valence-corrected chi connectivity index (χ1v) is 9.37. The van der Waals surface area contributed by atoms with Gasteiger partial charge in [-0.2, -0.15) is 0 Å². The number of benzene rings is 1. The number of halogens is 2. The second kappa shape index (κ2) is 7.88. The molecule has 0 aliphatic carbocycles. The fourth-order valence-electron chi connectivity index (χ4n) is 3.43. The zero-order valence-corrected chi connectivity index (χ0v) is 15.6. The molecule has 7 heteroatoms. The molecule has 1 aliphatic heterocycles. The average molecular weight is 381 g/mol. The van der Waals surface area contributed by atoms with Crippen LogP contribution in [0, 0.1) is 11.6 Å². The fraction of sp³-hybridized carbons (Fsp3) is 0.286. The van der Waals surface area contributed by atoms with Crippen molar-refractivity contribution in [3.8, 4) is 11.4 Å². The van der Waals surface area contributed by atoms with Gasteiger partial charge in [-0.25, -0.2) is 18.7 Å². The summed E-state index contributed by atoms with van der Waals surface area (Å²) >= 11 is 0. The summed E-state index contributed by atoms with van der Waals surface area (Å²) in [5, 5.41) is 3.45. The van der Waals surface area contributed by atoms with Crippen LogP contribution in [0.5, 0.6) is 0 Å². The molecule has 1 saturated heterocycles. The Morgan fingerprint density at radius 3 is 2.68 bits per heavy atom. The van der Waals surface area contributed by atoms with Crippen molar-refractivity contribution < 1.29 is 8.78 Å². The Labute approximate surface area is 162 Å². The lowest BCUT2D eigenvalue weighted by Gasteiger charge is -2.20. The highest BCUT2D eigenvalue weighted by Gasteiger charge is 2.25. The van der Waals surface area contributed by atoms with Crippen LogP contribution in [-0.4, -0.2) is 34.1 Å². The second-order valence-electron chi connectivity index (χ2n) is 6.83. The van der Waals surface area contributed by atoms with Gasteiger partial charge in [0.05, 0.1) is 5.69 Å². The molecule has 0 amide bonds. The van der Waals surface area contributed by atoms with Crippen molar-refractivity contribution in [1.82, 2.24) is 15.0 Å². The lowest BCUT2D eigenvalue weighted by molar-refractivity contribution is 0.581.